The molecule has 3 aliphatic rings. The number of benzene rings is 1. The van der Waals surface area contributed by atoms with Crippen LogP contribution in [0, 0.1) is 5.92 Å². The maximum absolute atomic E-state index is 13.4. The van der Waals surface area contributed by atoms with Gasteiger partial charge < -0.3 is 24.4 Å². The van der Waals surface area contributed by atoms with Crippen molar-refractivity contribution in [2.45, 2.75) is 63.8 Å². The summed E-state index contributed by atoms with van der Waals surface area (Å²) >= 11 is 0. The van der Waals surface area contributed by atoms with Crippen molar-refractivity contribution < 1.29 is 28.2 Å². The minimum Gasteiger partial charge on any atom is -0.493 e. The maximum atomic E-state index is 13.4. The van der Waals surface area contributed by atoms with Crippen LogP contribution in [-0.4, -0.2) is 80.0 Å². The zero-order valence-corrected chi connectivity index (χ0v) is 20.7. The Morgan fingerprint density at radius 1 is 1.18 bits per heavy atom. The fourth-order valence-electron chi connectivity index (χ4n) is 5.50. The van der Waals surface area contributed by atoms with Crippen molar-refractivity contribution in [3.05, 3.63) is 23.3 Å². The van der Waals surface area contributed by atoms with Gasteiger partial charge in [-0.1, -0.05) is 0 Å². The summed E-state index contributed by atoms with van der Waals surface area (Å²) in [6.07, 6.45) is 1.17. The molecular weight excluding hydrogens is 441 g/mol. The Bertz CT molecular complexity index is 934. The highest BCUT2D eigenvalue weighted by Gasteiger charge is 2.46. The summed E-state index contributed by atoms with van der Waals surface area (Å²) < 4.78 is 29.9. The lowest BCUT2D eigenvalue weighted by Crippen LogP contribution is -2.62. The van der Waals surface area contributed by atoms with Crippen LogP contribution in [-0.2, 0) is 16.0 Å². The minimum atomic E-state index is -0.634. The largest absolute Gasteiger partial charge is 0.493 e. The highest BCUT2D eigenvalue weighted by Crippen LogP contribution is 2.43. The van der Waals surface area contributed by atoms with Gasteiger partial charge in [0.15, 0.2) is 11.5 Å². The van der Waals surface area contributed by atoms with Gasteiger partial charge in [0.25, 0.3) is 0 Å². The van der Waals surface area contributed by atoms with E-state index in [0.717, 1.165) is 18.5 Å². The highest BCUT2D eigenvalue weighted by molar-refractivity contribution is 5.79. The van der Waals surface area contributed by atoms with Crippen molar-refractivity contribution in [3.8, 4) is 11.5 Å². The lowest BCUT2D eigenvalue weighted by molar-refractivity contribution is -0.132. The summed E-state index contributed by atoms with van der Waals surface area (Å²) in [6.45, 7) is 6.76. The monoisotopic (exact) mass is 477 g/mol. The van der Waals surface area contributed by atoms with Crippen LogP contribution in [0.3, 0.4) is 0 Å². The van der Waals surface area contributed by atoms with Crippen molar-refractivity contribution in [2.24, 2.45) is 5.92 Å². The summed E-state index contributed by atoms with van der Waals surface area (Å²) in [4.78, 5) is 29.6. The average Bonchev–Trinajstić information content (AvgIpc) is 3.16. The fraction of sp³-hybridized carbons (Fsp3) is 0.680. The van der Waals surface area contributed by atoms with E-state index in [-0.39, 0.29) is 36.4 Å². The molecule has 0 radical (unpaired) electrons. The van der Waals surface area contributed by atoms with E-state index >= 15 is 0 Å². The van der Waals surface area contributed by atoms with Gasteiger partial charge >= 0.3 is 6.09 Å². The molecule has 0 saturated carbocycles. The first-order chi connectivity index (χ1) is 16.1. The van der Waals surface area contributed by atoms with E-state index in [2.05, 4.69) is 10.2 Å². The Kier molecular flexibility index (Phi) is 6.94. The van der Waals surface area contributed by atoms with Gasteiger partial charge in [-0.2, -0.15) is 0 Å². The molecule has 1 aromatic rings. The van der Waals surface area contributed by atoms with Crippen molar-refractivity contribution in [2.75, 3.05) is 40.5 Å². The quantitative estimate of drug-likeness (QED) is 0.702. The topological polar surface area (TPSA) is 80.3 Å². The number of ether oxygens (including phenoxy) is 3. The molecule has 0 aliphatic carbocycles. The number of nitrogens with zero attached hydrogens (tertiary/aromatic N) is 2. The Labute approximate surface area is 200 Å². The molecule has 1 aromatic carbocycles. The van der Waals surface area contributed by atoms with Crippen LogP contribution in [0.2, 0.25) is 0 Å². The Balaban J connectivity index is 1.63. The van der Waals surface area contributed by atoms with Crippen molar-refractivity contribution in [3.63, 3.8) is 0 Å². The average molecular weight is 478 g/mol. The number of amides is 2. The number of methoxy groups -OCH3 is 2. The van der Waals surface area contributed by atoms with Gasteiger partial charge in [0.05, 0.1) is 33.0 Å². The molecular formula is C25H36FN3O5. The molecule has 9 heteroatoms. The van der Waals surface area contributed by atoms with E-state index in [0.29, 0.717) is 31.0 Å². The number of piperidine rings is 1. The first-order valence-corrected chi connectivity index (χ1v) is 12.0. The number of alkyl carbamates (subject to hydrolysis) is 1. The van der Waals surface area contributed by atoms with Gasteiger partial charge in [0.1, 0.15) is 5.60 Å². The molecule has 0 aromatic heterocycles. The normalized spacial score (nSPS) is 27.1. The van der Waals surface area contributed by atoms with Gasteiger partial charge in [-0.15, -0.1) is 0 Å². The van der Waals surface area contributed by atoms with Crippen LogP contribution < -0.4 is 14.8 Å². The van der Waals surface area contributed by atoms with Gasteiger partial charge in [-0.3, -0.25) is 14.1 Å². The number of carbonyl (C=O) groups is 2. The summed E-state index contributed by atoms with van der Waals surface area (Å²) in [5, 5.41) is 3.04. The number of nitrogens with one attached hydrogen (secondary N) is 1. The number of likely N-dealkylation sites (tertiary alicyclic amines) is 1. The van der Waals surface area contributed by atoms with Crippen molar-refractivity contribution >= 4 is 12.0 Å². The third-order valence-electron chi connectivity index (χ3n) is 7.04. The fourth-order valence-corrected chi connectivity index (χ4v) is 5.50. The molecule has 3 heterocycles. The van der Waals surface area contributed by atoms with Crippen LogP contribution in [0.15, 0.2) is 12.1 Å². The summed E-state index contributed by atoms with van der Waals surface area (Å²) in [7, 11) is 3.25. The van der Waals surface area contributed by atoms with Gasteiger partial charge in [0, 0.05) is 38.0 Å². The highest BCUT2D eigenvalue weighted by atomic mass is 19.1. The smallest absolute Gasteiger partial charge is 0.407 e. The number of fused-ring (bicyclic) bond motifs is 3. The second kappa shape index (κ2) is 9.60. The van der Waals surface area contributed by atoms with E-state index in [9.17, 15) is 14.0 Å². The summed E-state index contributed by atoms with van der Waals surface area (Å²) in [6, 6.07) is 3.54. The van der Waals surface area contributed by atoms with E-state index in [1.807, 2.05) is 32.9 Å². The van der Waals surface area contributed by atoms with Gasteiger partial charge in [0.2, 0.25) is 5.91 Å². The van der Waals surface area contributed by atoms with E-state index in [1.54, 1.807) is 19.1 Å². The third-order valence-corrected chi connectivity index (χ3v) is 7.04. The van der Waals surface area contributed by atoms with Crippen LogP contribution in [0.5, 0.6) is 11.5 Å². The number of carbonyl (C=O) groups excluding carboxylic acids is 2. The molecule has 4 atom stereocenters. The zero-order valence-electron chi connectivity index (χ0n) is 20.7. The van der Waals surface area contributed by atoms with E-state index < -0.39 is 18.4 Å². The molecule has 0 spiro atoms. The first kappa shape index (κ1) is 24.6. The summed E-state index contributed by atoms with van der Waals surface area (Å²) in [5.41, 5.74) is 1.71. The molecule has 0 bridgehead atoms. The van der Waals surface area contributed by atoms with Gasteiger partial charge in [-0.25, -0.2) is 4.79 Å². The Morgan fingerprint density at radius 3 is 2.50 bits per heavy atom. The number of alkyl halides is 1. The second-order valence-corrected chi connectivity index (χ2v) is 10.5. The minimum absolute atomic E-state index is 0.0501. The van der Waals surface area contributed by atoms with Crippen LogP contribution >= 0.6 is 0 Å². The maximum Gasteiger partial charge on any atom is 0.407 e. The molecule has 8 nitrogen and oxygen atoms in total. The van der Waals surface area contributed by atoms with Gasteiger partial charge in [-0.05, 0) is 56.9 Å². The van der Waals surface area contributed by atoms with Crippen molar-refractivity contribution in [1.29, 1.82) is 0 Å². The molecule has 1 N–H and O–H groups in total. The SMILES string of the molecule is COc1cc2c(cc1OC)[C@@H]1CC(NC(=O)OC(C)(C)C)C(N3C[C@H](CF)CC3=O)CN1CC2. The second-order valence-electron chi connectivity index (χ2n) is 10.5. The van der Waals surface area contributed by atoms with Crippen LogP contribution in [0.4, 0.5) is 9.18 Å². The molecule has 2 fully saturated rings. The number of rotatable bonds is 5. The zero-order chi connectivity index (χ0) is 24.6. The summed E-state index contributed by atoms with van der Waals surface area (Å²) in [5.74, 6) is 1.03. The molecule has 2 unspecified atom stereocenters. The predicted octanol–water partition coefficient (Wildman–Crippen LogP) is 3.09. The lowest BCUT2D eigenvalue weighted by Gasteiger charge is -2.49. The Hall–Kier alpha value is -2.55. The Morgan fingerprint density at radius 2 is 1.88 bits per heavy atom. The standard InChI is InChI=1S/C25H36FN3O5/c1-25(2,3)34-24(31)27-18-11-19-17-10-22(33-5)21(32-4)9-16(17)6-7-28(19)14-20(18)29-13-15(12-26)8-23(29)30/h9-10,15,18-20H,6-8,11-14H2,1-5H3,(H,27,31)/t15-,18?,19-,20?/m0/s1. The van der Waals surface area contributed by atoms with E-state index in [4.69, 9.17) is 14.2 Å². The molecule has 4 rings (SSSR count). The molecule has 3 aliphatic heterocycles. The van der Waals surface area contributed by atoms with Crippen molar-refractivity contribution in [1.82, 2.24) is 15.1 Å². The van der Waals surface area contributed by atoms with E-state index in [1.165, 1.54) is 5.56 Å². The molecule has 188 valence electrons. The molecule has 34 heavy (non-hydrogen) atoms. The lowest BCUT2D eigenvalue weighted by atomic mass is 9.82. The number of halogens is 1. The van der Waals surface area contributed by atoms with Crippen LogP contribution in [0.25, 0.3) is 0 Å². The molecule has 2 amide bonds. The number of hydrogen-bond donors (Lipinski definition) is 1. The predicted molar refractivity (Wildman–Crippen MR) is 125 cm³/mol. The third kappa shape index (κ3) is 4.94. The van der Waals surface area contributed by atoms with Crippen LogP contribution in [0.1, 0.15) is 50.8 Å². The number of hydrogen-bond acceptors (Lipinski definition) is 6. The molecule has 2 saturated heterocycles. The first-order valence-electron chi connectivity index (χ1n) is 12.0.